The van der Waals surface area contributed by atoms with E-state index in [4.69, 9.17) is 9.47 Å². The van der Waals surface area contributed by atoms with Crippen LogP contribution in [0, 0.1) is 5.82 Å². The van der Waals surface area contributed by atoms with E-state index in [-0.39, 0.29) is 10.3 Å². The smallest absolute Gasteiger partial charge is 0.425 e. The van der Waals surface area contributed by atoms with Crippen molar-refractivity contribution in [2.75, 3.05) is 0 Å². The van der Waals surface area contributed by atoms with E-state index in [2.05, 4.69) is 25.9 Å². The maximum atomic E-state index is 14.2. The van der Waals surface area contributed by atoms with Crippen molar-refractivity contribution in [3.63, 3.8) is 0 Å². The summed E-state index contributed by atoms with van der Waals surface area (Å²) in [5.74, 6) is -0.830. The topological polar surface area (TPSA) is 72.8 Å². The van der Waals surface area contributed by atoms with Crippen LogP contribution in [0.4, 0.5) is 22.4 Å². The SMILES string of the molecule is CC(C)(C)OC(=O)NC1=NC(C)(c2nc(Br)ccc2F)CC(C(F)(F)F)O1. The first-order chi connectivity index (χ1) is 12.2. The molecule has 2 rings (SSSR count). The van der Waals surface area contributed by atoms with Gasteiger partial charge in [0, 0.05) is 6.42 Å². The van der Waals surface area contributed by atoms with Gasteiger partial charge in [0.15, 0.2) is 6.10 Å². The second-order valence-corrected chi connectivity index (χ2v) is 7.95. The largest absolute Gasteiger partial charge is 0.452 e. The summed E-state index contributed by atoms with van der Waals surface area (Å²) in [5.41, 5.74) is -2.92. The minimum Gasteiger partial charge on any atom is -0.452 e. The number of nitrogens with zero attached hydrogens (tertiary/aromatic N) is 2. The Kier molecular flexibility index (Phi) is 5.74. The van der Waals surface area contributed by atoms with Gasteiger partial charge in [-0.2, -0.15) is 13.2 Å². The zero-order chi connectivity index (χ0) is 20.6. The molecule has 0 saturated carbocycles. The fraction of sp³-hybridized carbons (Fsp3) is 0.562. The van der Waals surface area contributed by atoms with Crippen LogP contribution in [0.1, 0.15) is 39.8 Å². The van der Waals surface area contributed by atoms with E-state index in [0.29, 0.717) is 0 Å². The number of nitrogens with one attached hydrogen (secondary N) is 1. The van der Waals surface area contributed by atoms with Gasteiger partial charge in [0.2, 0.25) is 0 Å². The lowest BCUT2D eigenvalue weighted by Gasteiger charge is -2.36. The van der Waals surface area contributed by atoms with Crippen LogP contribution in [0.2, 0.25) is 0 Å². The standard InChI is InChI=1S/C16H18BrF4N3O3/c1-14(2,3)27-13(25)23-12-24-15(4,7-9(26-12)16(19,20)21)11-8(18)5-6-10(17)22-11/h5-6,9H,7H2,1-4H3,(H,23,24,25). The minimum absolute atomic E-state index is 0.229. The molecule has 0 fully saturated rings. The van der Waals surface area contributed by atoms with Gasteiger partial charge in [-0.3, -0.25) is 0 Å². The van der Waals surface area contributed by atoms with Crippen molar-refractivity contribution in [1.82, 2.24) is 10.3 Å². The number of hydrogen-bond acceptors (Lipinski definition) is 5. The van der Waals surface area contributed by atoms with Crippen LogP contribution >= 0.6 is 15.9 Å². The highest BCUT2D eigenvalue weighted by molar-refractivity contribution is 9.10. The highest BCUT2D eigenvalue weighted by Gasteiger charge is 2.51. The molecule has 1 aromatic heterocycles. The number of carbonyl (C=O) groups excluding carboxylic acids is 1. The minimum atomic E-state index is -4.76. The van der Waals surface area contributed by atoms with Gasteiger partial charge in [-0.05, 0) is 55.8 Å². The number of hydrogen-bond donors (Lipinski definition) is 1. The average Bonchev–Trinajstić information content (AvgIpc) is 2.46. The number of pyridine rings is 1. The first-order valence-corrected chi connectivity index (χ1v) is 8.65. The van der Waals surface area contributed by atoms with Crippen LogP contribution in [0.3, 0.4) is 0 Å². The van der Waals surface area contributed by atoms with E-state index < -0.39 is 47.8 Å². The maximum Gasteiger partial charge on any atom is 0.425 e. The highest BCUT2D eigenvalue weighted by atomic mass is 79.9. The predicted molar refractivity (Wildman–Crippen MR) is 91.6 cm³/mol. The van der Waals surface area contributed by atoms with E-state index >= 15 is 0 Å². The number of amidine groups is 1. The summed E-state index contributed by atoms with van der Waals surface area (Å²) in [6.45, 7) is 6.03. The molecular formula is C16H18BrF4N3O3. The summed E-state index contributed by atoms with van der Waals surface area (Å²) in [6.07, 6.45) is -8.84. The molecule has 27 heavy (non-hydrogen) atoms. The molecule has 6 nitrogen and oxygen atoms in total. The van der Waals surface area contributed by atoms with Crippen LogP contribution in [0.15, 0.2) is 21.7 Å². The molecule has 0 saturated heterocycles. The van der Waals surface area contributed by atoms with Crippen LogP contribution in [0.25, 0.3) is 0 Å². The van der Waals surface area contributed by atoms with Crippen molar-refractivity contribution >= 4 is 28.0 Å². The third-order valence-electron chi connectivity index (χ3n) is 3.48. The number of amides is 1. The van der Waals surface area contributed by atoms with E-state index in [1.54, 1.807) is 20.8 Å². The molecule has 11 heteroatoms. The highest BCUT2D eigenvalue weighted by Crippen LogP contribution is 2.40. The van der Waals surface area contributed by atoms with Gasteiger partial charge >= 0.3 is 12.3 Å². The molecule has 0 spiro atoms. The van der Waals surface area contributed by atoms with Crippen molar-refractivity contribution in [3.05, 3.63) is 28.2 Å². The van der Waals surface area contributed by atoms with Gasteiger partial charge in [-0.1, -0.05) is 0 Å². The Morgan fingerprint density at radius 3 is 2.56 bits per heavy atom. The number of carbonyl (C=O) groups is 1. The third-order valence-corrected chi connectivity index (χ3v) is 3.92. The van der Waals surface area contributed by atoms with Gasteiger partial charge in [0.05, 0.1) is 0 Å². The third kappa shape index (κ3) is 5.53. The summed E-state index contributed by atoms with van der Waals surface area (Å²) in [4.78, 5) is 19.8. The molecule has 0 radical (unpaired) electrons. The van der Waals surface area contributed by atoms with Gasteiger partial charge in [-0.15, -0.1) is 0 Å². The van der Waals surface area contributed by atoms with Crippen LogP contribution in [-0.4, -0.2) is 35.0 Å². The second kappa shape index (κ2) is 7.25. The number of aliphatic imine (C=N–C) groups is 1. The monoisotopic (exact) mass is 455 g/mol. The van der Waals surface area contributed by atoms with Crippen LogP contribution in [0.5, 0.6) is 0 Å². The lowest BCUT2D eigenvalue weighted by molar-refractivity contribution is -0.208. The lowest BCUT2D eigenvalue weighted by Crippen LogP contribution is -2.49. The number of rotatable bonds is 1. The van der Waals surface area contributed by atoms with Crippen LogP contribution in [-0.2, 0) is 15.0 Å². The summed E-state index contributed by atoms with van der Waals surface area (Å²) in [6, 6.07) is 1.65. The lowest BCUT2D eigenvalue weighted by atomic mass is 9.89. The summed E-state index contributed by atoms with van der Waals surface area (Å²) < 4.78 is 64.2. The molecule has 2 heterocycles. The van der Waals surface area contributed by atoms with E-state index in [1.165, 1.54) is 13.0 Å². The molecule has 150 valence electrons. The molecule has 1 aliphatic heterocycles. The molecule has 1 amide bonds. The van der Waals surface area contributed by atoms with Crippen molar-refractivity contribution in [2.45, 2.75) is 57.5 Å². The zero-order valence-electron chi connectivity index (χ0n) is 14.9. The fourth-order valence-corrected chi connectivity index (χ4v) is 2.72. The van der Waals surface area contributed by atoms with Gasteiger partial charge in [-0.25, -0.2) is 24.5 Å². The maximum absolute atomic E-state index is 14.2. The second-order valence-electron chi connectivity index (χ2n) is 7.13. The predicted octanol–water partition coefficient (Wildman–Crippen LogP) is 4.43. The Hall–Kier alpha value is -1.91. The van der Waals surface area contributed by atoms with Crippen molar-refractivity contribution in [2.24, 2.45) is 4.99 Å². The van der Waals surface area contributed by atoms with Crippen molar-refractivity contribution in [1.29, 1.82) is 0 Å². The van der Waals surface area contributed by atoms with Gasteiger partial charge < -0.3 is 9.47 Å². The number of alkyl carbamates (subject to hydrolysis) is 1. The molecule has 0 aromatic carbocycles. The van der Waals surface area contributed by atoms with E-state index in [9.17, 15) is 22.4 Å². The Morgan fingerprint density at radius 2 is 2.00 bits per heavy atom. The number of aromatic nitrogens is 1. The average molecular weight is 456 g/mol. The molecule has 2 unspecified atom stereocenters. The van der Waals surface area contributed by atoms with Gasteiger partial charge in [0.25, 0.3) is 6.02 Å². The quantitative estimate of drug-likeness (QED) is 0.502. The Morgan fingerprint density at radius 1 is 1.37 bits per heavy atom. The molecule has 1 aromatic rings. The van der Waals surface area contributed by atoms with E-state index in [1.807, 2.05) is 5.32 Å². The Labute approximate surface area is 161 Å². The Balaban J connectivity index is 2.42. The number of alkyl halides is 3. The number of halogens is 5. The molecule has 1 aliphatic rings. The zero-order valence-corrected chi connectivity index (χ0v) is 16.5. The first-order valence-electron chi connectivity index (χ1n) is 7.85. The van der Waals surface area contributed by atoms with Crippen molar-refractivity contribution < 1.29 is 31.8 Å². The van der Waals surface area contributed by atoms with E-state index in [0.717, 1.165) is 6.07 Å². The number of ether oxygens (including phenoxy) is 2. The molecular weight excluding hydrogens is 438 g/mol. The Bertz CT molecular complexity index is 764. The first kappa shape index (κ1) is 21.4. The van der Waals surface area contributed by atoms with Crippen molar-refractivity contribution in [3.8, 4) is 0 Å². The molecule has 2 atom stereocenters. The molecule has 0 aliphatic carbocycles. The normalized spacial score (nSPS) is 23.3. The summed E-state index contributed by atoms with van der Waals surface area (Å²) in [5, 5.41) is 2.04. The fourth-order valence-electron chi connectivity index (χ4n) is 2.41. The summed E-state index contributed by atoms with van der Waals surface area (Å²) >= 11 is 3.06. The molecule has 0 bridgehead atoms. The molecule has 1 N–H and O–H groups in total. The van der Waals surface area contributed by atoms with Crippen LogP contribution < -0.4 is 5.32 Å². The summed E-state index contributed by atoms with van der Waals surface area (Å²) in [7, 11) is 0. The van der Waals surface area contributed by atoms with Gasteiger partial charge in [0.1, 0.15) is 27.3 Å².